The second-order valence-corrected chi connectivity index (χ2v) is 5.01. The second kappa shape index (κ2) is 4.46. The van der Waals surface area contributed by atoms with Gasteiger partial charge in [-0.05, 0) is 12.1 Å². The lowest BCUT2D eigenvalue weighted by Gasteiger charge is -2.11. The first-order valence-electron chi connectivity index (χ1n) is 4.93. The predicted octanol–water partition coefficient (Wildman–Crippen LogP) is 0.514. The van der Waals surface area contributed by atoms with Crippen molar-refractivity contribution in [1.82, 2.24) is 5.06 Å². The molecule has 0 unspecified atom stereocenters. The van der Waals surface area contributed by atoms with Gasteiger partial charge in [0.05, 0.1) is 17.7 Å². The molecule has 0 saturated carbocycles. The van der Waals surface area contributed by atoms with E-state index >= 15 is 0 Å². The van der Waals surface area contributed by atoms with Gasteiger partial charge in [0.15, 0.2) is 0 Å². The van der Waals surface area contributed by atoms with Crippen molar-refractivity contribution >= 4 is 22.0 Å². The average Bonchev–Trinajstić information content (AvgIpc) is 2.53. The molecule has 2 amide bonds. The monoisotopic (exact) mass is 273 g/mol. The van der Waals surface area contributed by atoms with Crippen LogP contribution in [0.2, 0.25) is 0 Å². The molecule has 8 heteroatoms. The Morgan fingerprint density at radius 3 is 2.06 bits per heavy atom. The molecule has 1 heterocycles. The van der Waals surface area contributed by atoms with Crippen LogP contribution in [0.3, 0.4) is 0 Å². The smallest absolute Gasteiger partial charge is 0.266 e. The van der Waals surface area contributed by atoms with Gasteiger partial charge in [0.2, 0.25) is 0 Å². The number of nitrogens with zero attached hydrogens (tertiary/aromatic N) is 1. The van der Waals surface area contributed by atoms with E-state index < -0.39 is 34.4 Å². The van der Waals surface area contributed by atoms with Gasteiger partial charge in [0.1, 0.15) is 5.75 Å². The number of benzene rings is 1. The van der Waals surface area contributed by atoms with Crippen LogP contribution in [0.25, 0.3) is 0 Å². The Labute approximate surface area is 102 Å². The summed E-state index contributed by atoms with van der Waals surface area (Å²) in [6.07, 6.45) is 0. The van der Waals surface area contributed by atoms with Crippen LogP contribution in [0.4, 0.5) is 3.89 Å². The third kappa shape index (κ3) is 2.39. The number of rotatable bonds is 4. The van der Waals surface area contributed by atoms with E-state index in [-0.39, 0.29) is 11.1 Å². The van der Waals surface area contributed by atoms with Gasteiger partial charge in [-0.25, -0.2) is 0 Å². The summed E-state index contributed by atoms with van der Waals surface area (Å²) in [7, 11) is -4.69. The fraction of sp³-hybridized carbons (Fsp3) is 0.200. The van der Waals surface area contributed by atoms with E-state index in [0.29, 0.717) is 5.06 Å². The highest BCUT2D eigenvalue weighted by Gasteiger charge is 2.36. The summed E-state index contributed by atoms with van der Waals surface area (Å²) in [6.45, 7) is -0.607. The van der Waals surface area contributed by atoms with Crippen molar-refractivity contribution in [3.8, 4) is 0 Å². The number of hydrogen-bond acceptors (Lipinski definition) is 5. The average molecular weight is 273 g/mol. The summed E-state index contributed by atoms with van der Waals surface area (Å²) >= 11 is 0. The molecule has 0 atom stereocenters. The molecule has 18 heavy (non-hydrogen) atoms. The molecule has 0 bridgehead atoms. The molecular weight excluding hydrogens is 265 g/mol. The van der Waals surface area contributed by atoms with Gasteiger partial charge in [-0.2, -0.15) is 8.42 Å². The maximum atomic E-state index is 12.2. The lowest BCUT2D eigenvalue weighted by molar-refractivity contribution is -0.0857. The zero-order valence-electron chi connectivity index (χ0n) is 9.00. The van der Waals surface area contributed by atoms with E-state index in [1.165, 1.54) is 12.1 Å². The Morgan fingerprint density at radius 2 is 1.61 bits per heavy atom. The molecule has 96 valence electrons. The molecule has 1 aromatic rings. The first-order valence-corrected chi connectivity index (χ1v) is 6.48. The van der Waals surface area contributed by atoms with Gasteiger partial charge in [-0.1, -0.05) is 12.1 Å². The van der Waals surface area contributed by atoms with E-state index in [2.05, 4.69) is 0 Å². The highest BCUT2D eigenvalue weighted by Crippen LogP contribution is 2.22. The van der Waals surface area contributed by atoms with Crippen molar-refractivity contribution in [2.75, 3.05) is 12.4 Å². The third-order valence-electron chi connectivity index (χ3n) is 2.30. The number of halogens is 1. The molecule has 6 nitrogen and oxygen atoms in total. The minimum absolute atomic E-state index is 0.172. The van der Waals surface area contributed by atoms with Crippen LogP contribution in [0.5, 0.6) is 0 Å². The number of carbonyl (C=O) groups excluding carboxylic acids is 2. The number of fused-ring (bicyclic) bond motifs is 1. The Bertz CT molecular complexity index is 577. The summed E-state index contributed by atoms with van der Waals surface area (Å²) in [5, 5.41) is 0.440. The highest BCUT2D eigenvalue weighted by molar-refractivity contribution is 7.86. The maximum Gasteiger partial charge on any atom is 0.304 e. The summed E-state index contributed by atoms with van der Waals surface area (Å²) in [4.78, 5) is 28.1. The lowest BCUT2D eigenvalue weighted by Crippen LogP contribution is -2.31. The third-order valence-corrected chi connectivity index (χ3v) is 2.96. The van der Waals surface area contributed by atoms with Crippen molar-refractivity contribution in [1.29, 1.82) is 0 Å². The zero-order chi connectivity index (χ0) is 13.3. The van der Waals surface area contributed by atoms with E-state index in [4.69, 9.17) is 4.84 Å². The lowest BCUT2D eigenvalue weighted by atomic mass is 10.1. The largest absolute Gasteiger partial charge is 0.304 e. The van der Waals surface area contributed by atoms with Crippen LogP contribution in [0.15, 0.2) is 24.3 Å². The topological polar surface area (TPSA) is 80.8 Å². The molecule has 2 rings (SSSR count). The number of imide groups is 1. The normalized spacial score (nSPS) is 15.1. The van der Waals surface area contributed by atoms with Gasteiger partial charge < -0.3 is 0 Å². The zero-order valence-corrected chi connectivity index (χ0v) is 9.81. The van der Waals surface area contributed by atoms with Crippen molar-refractivity contribution in [3.63, 3.8) is 0 Å². The molecule has 0 radical (unpaired) electrons. The molecule has 0 N–H and O–H groups in total. The van der Waals surface area contributed by atoms with Crippen molar-refractivity contribution in [2.45, 2.75) is 0 Å². The maximum absolute atomic E-state index is 12.2. The van der Waals surface area contributed by atoms with E-state index in [1.54, 1.807) is 12.1 Å². The second-order valence-electron chi connectivity index (χ2n) is 3.53. The Morgan fingerprint density at radius 1 is 1.11 bits per heavy atom. The molecule has 0 aliphatic carbocycles. The van der Waals surface area contributed by atoms with Crippen LogP contribution in [-0.4, -0.2) is 37.7 Å². The first-order chi connectivity index (χ1) is 8.40. The molecule has 0 saturated heterocycles. The van der Waals surface area contributed by atoms with Gasteiger partial charge in [0, 0.05) is 0 Å². The summed E-state index contributed by atoms with van der Waals surface area (Å²) in [5.41, 5.74) is 0.344. The van der Waals surface area contributed by atoms with Gasteiger partial charge in [-0.3, -0.25) is 14.4 Å². The molecule has 0 aromatic heterocycles. The summed E-state index contributed by atoms with van der Waals surface area (Å²) in [6, 6.07) is 6.06. The molecule has 1 aliphatic heterocycles. The van der Waals surface area contributed by atoms with Gasteiger partial charge in [0.25, 0.3) is 11.8 Å². The van der Waals surface area contributed by atoms with E-state index in [1.807, 2.05) is 0 Å². The number of carbonyl (C=O) groups is 2. The summed E-state index contributed by atoms with van der Waals surface area (Å²) in [5.74, 6) is -2.29. The molecule has 0 fully saturated rings. The van der Waals surface area contributed by atoms with Crippen molar-refractivity contribution in [3.05, 3.63) is 35.4 Å². The fourth-order valence-electron chi connectivity index (χ4n) is 1.51. The standard InChI is InChI=1S/C10H8FNO5S/c11-18(15,16)6-5-17-12-9(13)7-3-1-2-4-8(7)10(12)14/h1-4H,5-6H2. The van der Waals surface area contributed by atoms with Crippen LogP contribution in [-0.2, 0) is 15.1 Å². The number of amides is 2. The Balaban J connectivity index is 2.10. The minimum atomic E-state index is -4.69. The molecule has 1 aromatic carbocycles. The predicted molar refractivity (Wildman–Crippen MR) is 57.8 cm³/mol. The Kier molecular flexibility index (Phi) is 3.14. The summed E-state index contributed by atoms with van der Waals surface area (Å²) < 4.78 is 32.7. The molecule has 0 spiro atoms. The highest BCUT2D eigenvalue weighted by atomic mass is 32.3. The fourth-order valence-corrected chi connectivity index (χ4v) is 1.79. The van der Waals surface area contributed by atoms with Crippen LogP contribution in [0, 0.1) is 0 Å². The van der Waals surface area contributed by atoms with E-state index in [0.717, 1.165) is 0 Å². The first kappa shape index (κ1) is 12.7. The number of hydrogen-bond donors (Lipinski definition) is 0. The van der Waals surface area contributed by atoms with Gasteiger partial charge in [-0.15, -0.1) is 8.95 Å². The quantitative estimate of drug-likeness (QED) is 0.590. The molecular formula is C10H8FNO5S. The minimum Gasteiger partial charge on any atom is -0.266 e. The van der Waals surface area contributed by atoms with E-state index in [9.17, 15) is 21.9 Å². The van der Waals surface area contributed by atoms with Crippen molar-refractivity contribution in [2.24, 2.45) is 0 Å². The van der Waals surface area contributed by atoms with Crippen LogP contribution < -0.4 is 0 Å². The van der Waals surface area contributed by atoms with Crippen molar-refractivity contribution < 1.29 is 26.7 Å². The van der Waals surface area contributed by atoms with Gasteiger partial charge >= 0.3 is 10.2 Å². The Hall–Kier alpha value is -1.80. The van der Waals surface area contributed by atoms with Crippen LogP contribution >= 0.6 is 0 Å². The number of hydroxylamine groups is 2. The van der Waals surface area contributed by atoms with Crippen LogP contribution in [0.1, 0.15) is 20.7 Å². The SMILES string of the molecule is O=C1c2ccccc2C(=O)N1OCCS(=O)(=O)F. The molecule has 1 aliphatic rings.